The van der Waals surface area contributed by atoms with Gasteiger partial charge >= 0.3 is 5.97 Å². The van der Waals surface area contributed by atoms with Crippen molar-refractivity contribution in [2.24, 2.45) is 0 Å². The molecule has 0 aliphatic rings. The Morgan fingerprint density at radius 1 is 1.16 bits per heavy atom. The summed E-state index contributed by atoms with van der Waals surface area (Å²) >= 11 is 7.21. The summed E-state index contributed by atoms with van der Waals surface area (Å²) in [6.07, 6.45) is 0. The number of carbonyl (C=O) groups excluding carboxylic acids is 2. The zero-order valence-electron chi connectivity index (χ0n) is 13.3. The van der Waals surface area contributed by atoms with Crippen molar-refractivity contribution in [3.63, 3.8) is 0 Å². The fourth-order valence-corrected chi connectivity index (χ4v) is 3.32. The van der Waals surface area contributed by atoms with E-state index in [9.17, 15) is 9.59 Å². The quantitative estimate of drug-likeness (QED) is 0.696. The topological polar surface area (TPSA) is 77.5 Å². The van der Waals surface area contributed by atoms with Crippen LogP contribution in [0.4, 0.5) is 5.13 Å². The van der Waals surface area contributed by atoms with Gasteiger partial charge in [0.2, 0.25) is 0 Å². The van der Waals surface area contributed by atoms with Gasteiger partial charge in [0.1, 0.15) is 5.75 Å². The molecule has 0 unspecified atom stereocenters. The minimum absolute atomic E-state index is 0.310. The maximum atomic E-state index is 12.5. The predicted octanol–water partition coefficient (Wildman–Crippen LogP) is 4.00. The minimum atomic E-state index is -0.426. The predicted molar refractivity (Wildman–Crippen MR) is 96.9 cm³/mol. The lowest BCUT2D eigenvalue weighted by atomic mass is 10.2. The Bertz CT molecular complexity index is 970. The Morgan fingerprint density at radius 2 is 1.96 bits per heavy atom. The molecular formula is C17H13ClN2O4S. The van der Waals surface area contributed by atoms with E-state index < -0.39 is 5.97 Å². The van der Waals surface area contributed by atoms with Gasteiger partial charge in [-0.25, -0.2) is 9.78 Å². The third-order valence-corrected chi connectivity index (χ3v) is 4.60. The summed E-state index contributed by atoms with van der Waals surface area (Å²) in [4.78, 5) is 28.4. The van der Waals surface area contributed by atoms with Crippen molar-refractivity contribution >= 4 is 50.2 Å². The molecule has 0 saturated heterocycles. The van der Waals surface area contributed by atoms with Gasteiger partial charge < -0.3 is 9.47 Å². The maximum Gasteiger partial charge on any atom is 0.337 e. The van der Waals surface area contributed by atoms with Crippen LogP contribution < -0.4 is 10.1 Å². The van der Waals surface area contributed by atoms with Gasteiger partial charge in [0.05, 0.1) is 35.6 Å². The molecule has 0 radical (unpaired) electrons. The van der Waals surface area contributed by atoms with Gasteiger partial charge in [0.25, 0.3) is 5.91 Å². The van der Waals surface area contributed by atoms with Gasteiger partial charge in [-0.05, 0) is 36.4 Å². The SMILES string of the molecule is COC(=O)c1ccc2nc(NC(=O)c3cc(Cl)ccc3OC)sc2c1. The smallest absolute Gasteiger partial charge is 0.337 e. The van der Waals surface area contributed by atoms with Crippen LogP contribution in [0.3, 0.4) is 0 Å². The second-order valence-electron chi connectivity index (χ2n) is 4.99. The molecule has 3 aromatic rings. The number of amides is 1. The zero-order valence-corrected chi connectivity index (χ0v) is 14.9. The molecule has 1 aromatic heterocycles. The molecule has 1 amide bonds. The van der Waals surface area contributed by atoms with Gasteiger partial charge in [0, 0.05) is 5.02 Å². The summed E-state index contributed by atoms with van der Waals surface area (Å²) in [7, 11) is 2.80. The molecule has 0 saturated carbocycles. The third kappa shape index (κ3) is 3.57. The van der Waals surface area contributed by atoms with Crippen molar-refractivity contribution in [2.75, 3.05) is 19.5 Å². The normalized spacial score (nSPS) is 10.5. The molecule has 6 nitrogen and oxygen atoms in total. The van der Waals surface area contributed by atoms with Crippen molar-refractivity contribution in [3.05, 3.63) is 52.5 Å². The number of thiazole rings is 1. The highest BCUT2D eigenvalue weighted by molar-refractivity contribution is 7.22. The third-order valence-electron chi connectivity index (χ3n) is 3.44. The summed E-state index contributed by atoms with van der Waals surface area (Å²) in [6, 6.07) is 9.79. The van der Waals surface area contributed by atoms with Crippen LogP contribution in [0.2, 0.25) is 5.02 Å². The van der Waals surface area contributed by atoms with Crippen LogP contribution in [0, 0.1) is 0 Å². The lowest BCUT2D eigenvalue weighted by Crippen LogP contribution is -2.13. The van der Waals surface area contributed by atoms with E-state index in [1.54, 1.807) is 30.3 Å². The molecule has 0 spiro atoms. The summed E-state index contributed by atoms with van der Waals surface area (Å²) in [6.45, 7) is 0. The van der Waals surface area contributed by atoms with E-state index in [2.05, 4.69) is 10.3 Å². The largest absolute Gasteiger partial charge is 0.496 e. The van der Waals surface area contributed by atoms with Crippen LogP contribution in [0.25, 0.3) is 10.2 Å². The van der Waals surface area contributed by atoms with Gasteiger partial charge in [0.15, 0.2) is 5.13 Å². The zero-order chi connectivity index (χ0) is 18.0. The van der Waals surface area contributed by atoms with Gasteiger partial charge in [-0.15, -0.1) is 0 Å². The van der Waals surface area contributed by atoms with Gasteiger partial charge in [-0.3, -0.25) is 10.1 Å². The van der Waals surface area contributed by atoms with Crippen LogP contribution in [0.5, 0.6) is 5.75 Å². The van der Waals surface area contributed by atoms with Crippen molar-refractivity contribution in [3.8, 4) is 5.75 Å². The van der Waals surface area contributed by atoms with Gasteiger partial charge in [-0.1, -0.05) is 22.9 Å². The molecule has 0 aliphatic heterocycles. The highest BCUT2D eigenvalue weighted by Crippen LogP contribution is 2.29. The molecule has 8 heteroatoms. The number of carbonyl (C=O) groups is 2. The maximum absolute atomic E-state index is 12.5. The number of hydrogen-bond acceptors (Lipinski definition) is 6. The second-order valence-corrected chi connectivity index (χ2v) is 6.46. The second kappa shape index (κ2) is 7.08. The molecule has 1 N–H and O–H groups in total. The summed E-state index contributed by atoms with van der Waals surface area (Å²) in [5.41, 5.74) is 1.41. The number of hydrogen-bond donors (Lipinski definition) is 1. The van der Waals surface area contributed by atoms with Crippen molar-refractivity contribution in [2.45, 2.75) is 0 Å². The lowest BCUT2D eigenvalue weighted by molar-refractivity contribution is 0.0601. The number of esters is 1. The standard InChI is InChI=1S/C17H13ClN2O4S/c1-23-13-6-4-10(18)8-11(13)15(21)20-17-19-12-5-3-9(16(22)24-2)7-14(12)25-17/h3-8H,1-2H3,(H,19,20,21). The highest BCUT2D eigenvalue weighted by atomic mass is 35.5. The average molecular weight is 377 g/mol. The highest BCUT2D eigenvalue weighted by Gasteiger charge is 2.16. The van der Waals surface area contributed by atoms with Crippen LogP contribution in [0.15, 0.2) is 36.4 Å². The Labute approximate surface area is 152 Å². The van der Waals surface area contributed by atoms with Crippen LogP contribution in [0.1, 0.15) is 20.7 Å². The first-order valence-electron chi connectivity index (χ1n) is 7.15. The first-order valence-corrected chi connectivity index (χ1v) is 8.35. The number of aromatic nitrogens is 1. The number of methoxy groups -OCH3 is 2. The summed E-state index contributed by atoms with van der Waals surface area (Å²) < 4.78 is 10.6. The van der Waals surface area contributed by atoms with Crippen LogP contribution in [-0.4, -0.2) is 31.1 Å². The molecule has 3 rings (SSSR count). The first kappa shape index (κ1) is 17.2. The number of ether oxygens (including phenoxy) is 2. The van der Waals surface area contributed by atoms with E-state index in [0.29, 0.717) is 32.5 Å². The number of nitrogens with one attached hydrogen (secondary N) is 1. The number of fused-ring (bicyclic) bond motifs is 1. The molecular weight excluding hydrogens is 364 g/mol. The van der Waals surface area contributed by atoms with Gasteiger partial charge in [-0.2, -0.15) is 0 Å². The van der Waals surface area contributed by atoms with E-state index in [-0.39, 0.29) is 5.91 Å². The van der Waals surface area contributed by atoms with E-state index in [1.165, 1.54) is 31.6 Å². The Morgan fingerprint density at radius 3 is 2.68 bits per heavy atom. The average Bonchev–Trinajstić information content (AvgIpc) is 3.02. The van der Waals surface area contributed by atoms with Crippen molar-refractivity contribution in [1.29, 1.82) is 0 Å². The van der Waals surface area contributed by atoms with Crippen molar-refractivity contribution in [1.82, 2.24) is 4.98 Å². The molecule has 0 bridgehead atoms. The fourth-order valence-electron chi connectivity index (χ4n) is 2.25. The molecule has 0 aliphatic carbocycles. The van der Waals surface area contributed by atoms with E-state index in [0.717, 1.165) is 4.70 Å². The minimum Gasteiger partial charge on any atom is -0.496 e. The summed E-state index contributed by atoms with van der Waals surface area (Å²) in [5, 5.41) is 3.56. The fraction of sp³-hybridized carbons (Fsp3) is 0.118. The molecule has 25 heavy (non-hydrogen) atoms. The Hall–Kier alpha value is -2.64. The number of benzene rings is 2. The monoisotopic (exact) mass is 376 g/mol. The number of nitrogens with zero attached hydrogens (tertiary/aromatic N) is 1. The molecule has 2 aromatic carbocycles. The Kier molecular flexibility index (Phi) is 4.87. The molecule has 0 atom stereocenters. The van der Waals surface area contributed by atoms with Crippen LogP contribution in [-0.2, 0) is 4.74 Å². The number of rotatable bonds is 4. The van der Waals surface area contributed by atoms with Crippen molar-refractivity contribution < 1.29 is 19.1 Å². The van der Waals surface area contributed by atoms with E-state index >= 15 is 0 Å². The van der Waals surface area contributed by atoms with Crippen LogP contribution >= 0.6 is 22.9 Å². The summed E-state index contributed by atoms with van der Waals surface area (Å²) in [5.74, 6) is -0.396. The Balaban J connectivity index is 1.89. The van der Waals surface area contributed by atoms with E-state index in [1.807, 2.05) is 0 Å². The number of anilines is 1. The van der Waals surface area contributed by atoms with E-state index in [4.69, 9.17) is 21.1 Å². The molecule has 1 heterocycles. The molecule has 128 valence electrons. The first-order chi connectivity index (χ1) is 12.0. The number of halogens is 1. The molecule has 0 fully saturated rings. The lowest BCUT2D eigenvalue weighted by Gasteiger charge is -2.08.